The number of fused-ring (bicyclic) bond motifs is 1. The number of nitrogens with zero attached hydrogens (tertiary/aromatic N) is 1. The van der Waals surface area contributed by atoms with Crippen LogP contribution in [0.1, 0.15) is 38.8 Å². The lowest BCUT2D eigenvalue weighted by Gasteiger charge is -2.42. The molecular weight excluding hydrogens is 346 g/mol. The average Bonchev–Trinajstić information content (AvgIpc) is 2.55. The van der Waals surface area contributed by atoms with Crippen molar-refractivity contribution in [3.63, 3.8) is 0 Å². The van der Waals surface area contributed by atoms with E-state index in [-0.39, 0.29) is 5.75 Å². The normalized spacial score (nSPS) is 16.0. The summed E-state index contributed by atoms with van der Waals surface area (Å²) in [5.41, 5.74) is 2.79. The van der Waals surface area contributed by atoms with Crippen molar-refractivity contribution in [1.29, 1.82) is 0 Å². The van der Waals surface area contributed by atoms with Gasteiger partial charge in [-0.25, -0.2) is 8.42 Å². The van der Waals surface area contributed by atoms with E-state index in [2.05, 4.69) is 0 Å². The topological polar surface area (TPSA) is 46.6 Å². The number of hydrogen-bond donors (Lipinski definition) is 0. The van der Waals surface area contributed by atoms with E-state index in [1.165, 1.54) is 0 Å². The zero-order valence-corrected chi connectivity index (χ0v) is 16.5. The molecule has 0 fully saturated rings. The summed E-state index contributed by atoms with van der Waals surface area (Å²) in [7, 11) is -3.56. The van der Waals surface area contributed by atoms with Gasteiger partial charge in [0, 0.05) is 5.56 Å². The van der Waals surface area contributed by atoms with Crippen LogP contribution in [0.15, 0.2) is 54.6 Å². The van der Waals surface area contributed by atoms with Crippen LogP contribution in [0, 0.1) is 0 Å². The molecule has 1 aliphatic rings. The molecule has 0 aromatic heterocycles. The SMILES string of the molecule is CCOc1ccc2c(c1)C(C)=CC(C)(C)N2S(=O)(=O)Cc1ccccc1. The molecule has 0 saturated heterocycles. The van der Waals surface area contributed by atoms with Crippen molar-refractivity contribution in [2.75, 3.05) is 10.9 Å². The first-order valence-corrected chi connectivity index (χ1v) is 10.4. The van der Waals surface area contributed by atoms with Gasteiger partial charge in [-0.2, -0.15) is 0 Å². The van der Waals surface area contributed by atoms with Crippen molar-refractivity contribution in [2.45, 2.75) is 39.0 Å². The molecule has 0 bridgehead atoms. The molecule has 0 radical (unpaired) electrons. The molecule has 138 valence electrons. The van der Waals surface area contributed by atoms with Gasteiger partial charge in [-0.1, -0.05) is 36.4 Å². The number of hydrogen-bond acceptors (Lipinski definition) is 3. The predicted octanol–water partition coefficient (Wildman–Crippen LogP) is 4.62. The molecule has 0 unspecified atom stereocenters. The molecule has 0 atom stereocenters. The number of sulfonamides is 1. The van der Waals surface area contributed by atoms with Gasteiger partial charge in [0.25, 0.3) is 0 Å². The third-order valence-corrected chi connectivity index (χ3v) is 6.41. The molecule has 0 aliphatic carbocycles. The maximum atomic E-state index is 13.3. The van der Waals surface area contributed by atoms with Crippen LogP contribution >= 0.6 is 0 Å². The van der Waals surface area contributed by atoms with Crippen LogP contribution in [-0.4, -0.2) is 20.6 Å². The van der Waals surface area contributed by atoms with Crippen LogP contribution in [0.5, 0.6) is 5.75 Å². The van der Waals surface area contributed by atoms with Crippen LogP contribution in [0.4, 0.5) is 5.69 Å². The van der Waals surface area contributed by atoms with Crippen molar-refractivity contribution < 1.29 is 13.2 Å². The van der Waals surface area contributed by atoms with Crippen molar-refractivity contribution in [2.24, 2.45) is 0 Å². The van der Waals surface area contributed by atoms with Gasteiger partial charge in [-0.15, -0.1) is 0 Å². The minimum Gasteiger partial charge on any atom is -0.494 e. The fraction of sp³-hybridized carbons (Fsp3) is 0.333. The molecule has 0 N–H and O–H groups in total. The van der Waals surface area contributed by atoms with E-state index in [1.807, 2.05) is 82.3 Å². The molecular formula is C21H25NO3S. The zero-order chi connectivity index (χ0) is 18.9. The Morgan fingerprint density at radius 2 is 1.77 bits per heavy atom. The van der Waals surface area contributed by atoms with Crippen LogP contribution in [0.2, 0.25) is 0 Å². The maximum absolute atomic E-state index is 13.3. The first kappa shape index (κ1) is 18.5. The van der Waals surface area contributed by atoms with Gasteiger partial charge in [0.15, 0.2) is 0 Å². The lowest BCUT2D eigenvalue weighted by atomic mass is 9.91. The Kier molecular flexibility index (Phi) is 4.84. The Morgan fingerprint density at radius 3 is 2.42 bits per heavy atom. The molecule has 2 aromatic carbocycles. The molecule has 0 saturated carbocycles. The number of rotatable bonds is 5. The number of ether oxygens (including phenoxy) is 1. The highest BCUT2D eigenvalue weighted by atomic mass is 32.2. The third kappa shape index (κ3) is 3.49. The molecule has 3 rings (SSSR count). The van der Waals surface area contributed by atoms with E-state index in [0.29, 0.717) is 12.3 Å². The Balaban J connectivity index is 2.09. The lowest BCUT2D eigenvalue weighted by Crippen LogP contribution is -2.49. The highest BCUT2D eigenvalue weighted by Crippen LogP contribution is 2.42. The van der Waals surface area contributed by atoms with E-state index in [0.717, 1.165) is 22.4 Å². The summed E-state index contributed by atoms with van der Waals surface area (Å²) < 4.78 is 33.8. The summed E-state index contributed by atoms with van der Waals surface area (Å²) in [6.07, 6.45) is 2.01. The highest BCUT2D eigenvalue weighted by Gasteiger charge is 2.39. The first-order chi connectivity index (χ1) is 12.2. The van der Waals surface area contributed by atoms with Gasteiger partial charge in [0.05, 0.1) is 23.6 Å². The molecule has 0 spiro atoms. The molecule has 26 heavy (non-hydrogen) atoms. The highest BCUT2D eigenvalue weighted by molar-refractivity contribution is 7.92. The second-order valence-corrected chi connectivity index (χ2v) is 8.92. The summed E-state index contributed by atoms with van der Waals surface area (Å²) in [5, 5.41) is 0. The van der Waals surface area contributed by atoms with Gasteiger partial charge >= 0.3 is 0 Å². The number of benzene rings is 2. The lowest BCUT2D eigenvalue weighted by molar-refractivity contribution is 0.340. The fourth-order valence-electron chi connectivity index (χ4n) is 3.60. The minimum atomic E-state index is -3.56. The summed E-state index contributed by atoms with van der Waals surface area (Å²) in [4.78, 5) is 0. The molecule has 4 nitrogen and oxygen atoms in total. The molecule has 1 heterocycles. The van der Waals surface area contributed by atoms with Crippen molar-refractivity contribution in [3.8, 4) is 5.75 Å². The van der Waals surface area contributed by atoms with Crippen molar-refractivity contribution in [3.05, 3.63) is 65.7 Å². The Bertz CT molecular complexity index is 931. The quantitative estimate of drug-likeness (QED) is 0.771. The predicted molar refractivity (Wildman–Crippen MR) is 107 cm³/mol. The van der Waals surface area contributed by atoms with E-state index in [9.17, 15) is 8.42 Å². The number of allylic oxidation sites excluding steroid dienone is 1. The Hall–Kier alpha value is -2.27. The van der Waals surface area contributed by atoms with Crippen LogP contribution < -0.4 is 9.04 Å². The maximum Gasteiger partial charge on any atom is 0.240 e. The Labute approximate surface area is 156 Å². The van der Waals surface area contributed by atoms with Crippen LogP contribution in [-0.2, 0) is 15.8 Å². The molecule has 5 heteroatoms. The van der Waals surface area contributed by atoms with Gasteiger partial charge in [0.2, 0.25) is 10.0 Å². The van der Waals surface area contributed by atoms with Crippen LogP contribution in [0.3, 0.4) is 0 Å². The second-order valence-electron chi connectivity index (χ2n) is 7.10. The number of anilines is 1. The van der Waals surface area contributed by atoms with Gasteiger partial charge in [-0.05, 0) is 57.0 Å². The largest absolute Gasteiger partial charge is 0.494 e. The van der Waals surface area contributed by atoms with Crippen molar-refractivity contribution >= 4 is 21.3 Å². The van der Waals surface area contributed by atoms with E-state index < -0.39 is 15.6 Å². The van der Waals surface area contributed by atoms with Crippen LogP contribution in [0.25, 0.3) is 5.57 Å². The zero-order valence-electron chi connectivity index (χ0n) is 15.7. The van der Waals surface area contributed by atoms with Gasteiger partial charge in [0.1, 0.15) is 5.75 Å². The first-order valence-electron chi connectivity index (χ1n) is 8.78. The smallest absolute Gasteiger partial charge is 0.240 e. The van der Waals surface area contributed by atoms with E-state index in [1.54, 1.807) is 4.31 Å². The van der Waals surface area contributed by atoms with Gasteiger partial charge in [-0.3, -0.25) is 4.31 Å². The van der Waals surface area contributed by atoms with Crippen molar-refractivity contribution in [1.82, 2.24) is 0 Å². The summed E-state index contributed by atoms with van der Waals surface area (Å²) in [6, 6.07) is 14.9. The van der Waals surface area contributed by atoms with E-state index >= 15 is 0 Å². The molecule has 2 aromatic rings. The minimum absolute atomic E-state index is 0.0309. The average molecular weight is 372 g/mol. The summed E-state index contributed by atoms with van der Waals surface area (Å²) in [5.74, 6) is 0.718. The third-order valence-electron chi connectivity index (χ3n) is 4.49. The summed E-state index contributed by atoms with van der Waals surface area (Å²) in [6.45, 7) is 8.37. The van der Waals surface area contributed by atoms with E-state index in [4.69, 9.17) is 4.74 Å². The standard InChI is InChI=1S/C21H25NO3S/c1-5-25-18-11-12-20-19(13-18)16(2)14-21(3,4)22(20)26(23,24)15-17-9-7-6-8-10-17/h6-14H,5,15H2,1-4H3. The fourth-order valence-corrected chi connectivity index (χ4v) is 5.57. The molecule has 0 amide bonds. The molecule has 1 aliphatic heterocycles. The summed E-state index contributed by atoms with van der Waals surface area (Å²) >= 11 is 0. The second kappa shape index (κ2) is 6.80. The van der Waals surface area contributed by atoms with Gasteiger partial charge < -0.3 is 4.74 Å². The monoisotopic (exact) mass is 371 g/mol. The Morgan fingerprint density at radius 1 is 1.08 bits per heavy atom.